The molecule has 1 aromatic carbocycles. The Morgan fingerprint density at radius 1 is 1.19 bits per heavy atom. The number of piperazine rings is 1. The lowest BCUT2D eigenvalue weighted by Crippen LogP contribution is -2.42. The van der Waals surface area contributed by atoms with Crippen LogP contribution in [0.2, 0.25) is 0 Å². The quantitative estimate of drug-likeness (QED) is 0.648. The second-order valence-corrected chi connectivity index (χ2v) is 3.96. The molecule has 3 N–H and O–H groups in total. The van der Waals surface area contributed by atoms with Crippen LogP contribution < -0.4 is 5.32 Å². The second kappa shape index (κ2) is 4.67. The summed E-state index contributed by atoms with van der Waals surface area (Å²) in [5, 5.41) is 22.0. The van der Waals surface area contributed by atoms with Crippen LogP contribution in [-0.2, 0) is 6.54 Å². The fourth-order valence-corrected chi connectivity index (χ4v) is 1.83. The van der Waals surface area contributed by atoms with E-state index in [-0.39, 0.29) is 5.75 Å². The number of phenols is 2. The van der Waals surface area contributed by atoms with Gasteiger partial charge in [0, 0.05) is 44.4 Å². The van der Waals surface area contributed by atoms with Crippen molar-refractivity contribution in [3.05, 3.63) is 23.5 Å². The van der Waals surface area contributed by atoms with Crippen molar-refractivity contribution in [1.29, 1.82) is 0 Å². The highest BCUT2D eigenvalue weighted by Gasteiger charge is 2.14. The maximum atomic E-state index is 12.9. The van der Waals surface area contributed by atoms with Gasteiger partial charge in [-0.25, -0.2) is 4.39 Å². The molecule has 1 heterocycles. The summed E-state index contributed by atoms with van der Waals surface area (Å²) in [5.41, 5.74) is 0.556. The lowest BCUT2D eigenvalue weighted by molar-refractivity contribution is 0.230. The number of phenolic OH excluding ortho intramolecular Hbond substituents is 2. The molecule has 1 aromatic rings. The van der Waals surface area contributed by atoms with Gasteiger partial charge in [0.25, 0.3) is 0 Å². The van der Waals surface area contributed by atoms with Crippen LogP contribution in [0.4, 0.5) is 4.39 Å². The molecular weight excluding hydrogens is 211 g/mol. The molecule has 1 saturated heterocycles. The van der Waals surface area contributed by atoms with Crippen LogP contribution >= 0.6 is 0 Å². The van der Waals surface area contributed by atoms with E-state index in [9.17, 15) is 14.6 Å². The monoisotopic (exact) mass is 226 g/mol. The van der Waals surface area contributed by atoms with E-state index >= 15 is 0 Å². The van der Waals surface area contributed by atoms with Gasteiger partial charge in [-0.3, -0.25) is 4.90 Å². The largest absolute Gasteiger partial charge is 0.508 e. The van der Waals surface area contributed by atoms with E-state index in [1.807, 2.05) is 0 Å². The number of hydrogen-bond donors (Lipinski definition) is 3. The van der Waals surface area contributed by atoms with Gasteiger partial charge in [0.05, 0.1) is 0 Å². The third-order valence-electron chi connectivity index (χ3n) is 2.75. The molecule has 5 heteroatoms. The van der Waals surface area contributed by atoms with Crippen LogP contribution in [-0.4, -0.2) is 41.3 Å². The van der Waals surface area contributed by atoms with Crippen molar-refractivity contribution < 1.29 is 14.6 Å². The van der Waals surface area contributed by atoms with Crippen molar-refractivity contribution in [2.75, 3.05) is 26.2 Å². The van der Waals surface area contributed by atoms with Gasteiger partial charge in [-0.1, -0.05) is 0 Å². The molecule has 0 atom stereocenters. The normalized spacial score (nSPS) is 17.6. The van der Waals surface area contributed by atoms with Crippen LogP contribution in [0.25, 0.3) is 0 Å². The SMILES string of the molecule is Oc1cc(CN2CCNCC2)c(O)cc1F. The van der Waals surface area contributed by atoms with Crippen LogP contribution in [0.15, 0.2) is 12.1 Å². The Bertz CT molecular complexity index is 378. The molecule has 1 aliphatic heterocycles. The number of nitrogens with zero attached hydrogens (tertiary/aromatic N) is 1. The van der Waals surface area contributed by atoms with Crippen LogP contribution in [0, 0.1) is 5.82 Å². The molecule has 0 aromatic heterocycles. The molecule has 0 radical (unpaired) electrons. The predicted octanol–water partition coefficient (Wildman–Crippen LogP) is 0.642. The highest BCUT2D eigenvalue weighted by Crippen LogP contribution is 2.26. The van der Waals surface area contributed by atoms with Gasteiger partial charge in [-0.15, -0.1) is 0 Å². The topological polar surface area (TPSA) is 55.7 Å². The third kappa shape index (κ3) is 2.43. The summed E-state index contributed by atoms with van der Waals surface area (Å²) in [5.74, 6) is -1.31. The van der Waals surface area contributed by atoms with E-state index < -0.39 is 11.6 Å². The average molecular weight is 226 g/mol. The van der Waals surface area contributed by atoms with Gasteiger partial charge in [0.2, 0.25) is 0 Å². The third-order valence-corrected chi connectivity index (χ3v) is 2.75. The second-order valence-electron chi connectivity index (χ2n) is 3.96. The minimum Gasteiger partial charge on any atom is -0.508 e. The smallest absolute Gasteiger partial charge is 0.168 e. The summed E-state index contributed by atoms with van der Waals surface area (Å²) in [6.45, 7) is 4.12. The molecule has 0 spiro atoms. The lowest BCUT2D eigenvalue weighted by atomic mass is 10.1. The molecule has 16 heavy (non-hydrogen) atoms. The number of hydrogen-bond acceptors (Lipinski definition) is 4. The van der Waals surface area contributed by atoms with Crippen molar-refractivity contribution >= 4 is 0 Å². The molecule has 0 bridgehead atoms. The number of benzene rings is 1. The molecule has 88 valence electrons. The van der Waals surface area contributed by atoms with E-state index in [0.29, 0.717) is 12.1 Å². The Morgan fingerprint density at radius 3 is 2.56 bits per heavy atom. The molecule has 4 nitrogen and oxygen atoms in total. The molecule has 0 amide bonds. The van der Waals surface area contributed by atoms with Crippen molar-refractivity contribution in [3.63, 3.8) is 0 Å². The Balaban J connectivity index is 2.11. The van der Waals surface area contributed by atoms with E-state index in [1.165, 1.54) is 6.07 Å². The first-order chi connectivity index (χ1) is 7.66. The van der Waals surface area contributed by atoms with Crippen molar-refractivity contribution in [2.45, 2.75) is 6.54 Å². The van der Waals surface area contributed by atoms with Gasteiger partial charge in [-0.05, 0) is 6.07 Å². The maximum absolute atomic E-state index is 12.9. The number of halogens is 1. The Labute approximate surface area is 93.3 Å². The highest BCUT2D eigenvalue weighted by atomic mass is 19.1. The predicted molar refractivity (Wildman–Crippen MR) is 57.9 cm³/mol. The van der Waals surface area contributed by atoms with Crippen molar-refractivity contribution in [3.8, 4) is 11.5 Å². The van der Waals surface area contributed by atoms with Gasteiger partial charge in [-0.2, -0.15) is 0 Å². The molecule has 0 unspecified atom stereocenters. The lowest BCUT2D eigenvalue weighted by Gasteiger charge is -2.27. The zero-order chi connectivity index (χ0) is 11.5. The molecule has 0 aliphatic carbocycles. The molecule has 1 fully saturated rings. The summed E-state index contributed by atoms with van der Waals surface area (Å²) in [4.78, 5) is 2.14. The molecule has 2 rings (SSSR count). The van der Waals surface area contributed by atoms with E-state index in [0.717, 1.165) is 32.2 Å². The summed E-state index contributed by atoms with van der Waals surface area (Å²) in [6.07, 6.45) is 0. The average Bonchev–Trinajstić information content (AvgIpc) is 2.27. The minimum absolute atomic E-state index is 0.103. The van der Waals surface area contributed by atoms with Gasteiger partial charge in [0.15, 0.2) is 11.6 Å². The first kappa shape index (κ1) is 11.2. The maximum Gasteiger partial charge on any atom is 0.168 e. The first-order valence-electron chi connectivity index (χ1n) is 5.30. The standard InChI is InChI=1S/C11H15FN2O2/c12-9-6-10(15)8(5-11(9)16)7-14-3-1-13-2-4-14/h5-6,13,15-16H,1-4,7H2. The molecule has 0 saturated carbocycles. The summed E-state index contributed by atoms with van der Waals surface area (Å²) >= 11 is 0. The van der Waals surface area contributed by atoms with Gasteiger partial charge < -0.3 is 15.5 Å². The number of aromatic hydroxyl groups is 2. The summed E-state index contributed by atoms with van der Waals surface area (Å²) < 4.78 is 12.9. The van der Waals surface area contributed by atoms with Crippen molar-refractivity contribution in [1.82, 2.24) is 10.2 Å². The molecule has 1 aliphatic rings. The Kier molecular flexibility index (Phi) is 3.26. The first-order valence-corrected chi connectivity index (χ1v) is 5.30. The number of rotatable bonds is 2. The van der Waals surface area contributed by atoms with Crippen LogP contribution in [0.3, 0.4) is 0 Å². The van der Waals surface area contributed by atoms with Crippen LogP contribution in [0.1, 0.15) is 5.56 Å². The molecular formula is C11H15FN2O2. The summed E-state index contributed by atoms with van der Waals surface area (Å²) in [7, 11) is 0. The fourth-order valence-electron chi connectivity index (χ4n) is 1.83. The Morgan fingerprint density at radius 2 is 1.88 bits per heavy atom. The zero-order valence-corrected chi connectivity index (χ0v) is 8.91. The van der Waals surface area contributed by atoms with Crippen LogP contribution in [0.5, 0.6) is 11.5 Å². The van der Waals surface area contributed by atoms with E-state index in [2.05, 4.69) is 10.2 Å². The van der Waals surface area contributed by atoms with Crippen molar-refractivity contribution in [2.24, 2.45) is 0 Å². The fraction of sp³-hybridized carbons (Fsp3) is 0.455. The van der Waals surface area contributed by atoms with E-state index in [1.54, 1.807) is 0 Å². The summed E-state index contributed by atoms with van der Waals surface area (Å²) in [6, 6.07) is 2.24. The zero-order valence-electron chi connectivity index (χ0n) is 8.91. The van der Waals surface area contributed by atoms with E-state index in [4.69, 9.17) is 0 Å². The van der Waals surface area contributed by atoms with Gasteiger partial charge >= 0.3 is 0 Å². The highest BCUT2D eigenvalue weighted by molar-refractivity contribution is 5.39. The number of nitrogens with one attached hydrogen (secondary N) is 1. The van der Waals surface area contributed by atoms with Gasteiger partial charge in [0.1, 0.15) is 5.75 Å². The Hall–Kier alpha value is -1.33. The minimum atomic E-state index is -0.790.